The van der Waals surface area contributed by atoms with E-state index in [0.29, 0.717) is 0 Å². The predicted octanol–water partition coefficient (Wildman–Crippen LogP) is 9.80. The lowest BCUT2D eigenvalue weighted by molar-refractivity contribution is 0.834. The molecule has 0 bridgehead atoms. The summed E-state index contributed by atoms with van der Waals surface area (Å²) in [5, 5.41) is 10.0. The van der Waals surface area contributed by atoms with Gasteiger partial charge in [0.25, 0.3) is 0 Å². The second-order valence-corrected chi connectivity index (χ2v) is 10.1. The Morgan fingerprint density at radius 3 is 1.41 bits per heavy atom. The molecule has 0 atom stereocenters. The molecule has 1 aromatic heterocycles. The molecule has 1 heterocycles. The van der Waals surface area contributed by atoms with E-state index in [1.807, 2.05) is 6.07 Å². The maximum absolute atomic E-state index is 5.01. The number of hydrogen-bond donors (Lipinski definition) is 0. The summed E-state index contributed by atoms with van der Waals surface area (Å²) in [6.07, 6.45) is 0. The average Bonchev–Trinajstić information content (AvgIpc) is 3.30. The normalized spacial score (nSPS) is 11.3. The van der Waals surface area contributed by atoms with Crippen LogP contribution in [0.1, 0.15) is 11.4 Å². The summed E-state index contributed by atoms with van der Waals surface area (Å²) >= 11 is 0. The van der Waals surface area contributed by atoms with E-state index in [-0.39, 0.29) is 0 Å². The minimum Gasteiger partial charge on any atom is -0.237 e. The third kappa shape index (κ3) is 3.84. The second-order valence-electron chi connectivity index (χ2n) is 10.1. The Labute approximate surface area is 228 Å². The largest absolute Gasteiger partial charge is 0.237 e. The summed E-state index contributed by atoms with van der Waals surface area (Å²) in [6.45, 7) is 4.31. The standard InChI is InChI=1S/C37H28N2/c1-25-35(26(2)39(38-25)30-15-7-4-8-16-30)37-33-19-11-9-17-31(33)36(32-18-10-12-20-34(32)37)29-23-21-28(22-24-29)27-13-5-3-6-14-27/h3-24H,1-2H3. The minimum atomic E-state index is 1.03. The number of aryl methyl sites for hydroxylation is 1. The van der Waals surface area contributed by atoms with Crippen LogP contribution in [0, 0.1) is 13.8 Å². The van der Waals surface area contributed by atoms with E-state index >= 15 is 0 Å². The molecule has 39 heavy (non-hydrogen) atoms. The van der Waals surface area contributed by atoms with Gasteiger partial charge in [-0.1, -0.05) is 121 Å². The minimum absolute atomic E-state index is 1.03. The Morgan fingerprint density at radius 1 is 0.410 bits per heavy atom. The summed E-state index contributed by atoms with van der Waals surface area (Å²) in [7, 11) is 0. The molecule has 2 heteroatoms. The van der Waals surface area contributed by atoms with E-state index in [1.54, 1.807) is 0 Å². The molecule has 6 aromatic carbocycles. The van der Waals surface area contributed by atoms with Gasteiger partial charge >= 0.3 is 0 Å². The SMILES string of the molecule is Cc1nn(-c2ccccc2)c(C)c1-c1c2ccccc2c(-c2ccc(-c3ccccc3)cc2)c2ccccc12. The number of benzene rings is 6. The van der Waals surface area contributed by atoms with Gasteiger partial charge in [-0.15, -0.1) is 0 Å². The second kappa shape index (κ2) is 9.41. The fourth-order valence-corrected chi connectivity index (χ4v) is 5.99. The highest BCUT2D eigenvalue weighted by Crippen LogP contribution is 2.45. The molecule has 0 aliphatic carbocycles. The highest BCUT2D eigenvalue weighted by molar-refractivity contribution is 6.21. The van der Waals surface area contributed by atoms with Crippen LogP contribution in [0.25, 0.3) is 60.6 Å². The first kappa shape index (κ1) is 23.2. The van der Waals surface area contributed by atoms with Crippen molar-refractivity contribution in [1.82, 2.24) is 9.78 Å². The van der Waals surface area contributed by atoms with Gasteiger partial charge in [-0.25, -0.2) is 4.68 Å². The van der Waals surface area contributed by atoms with Gasteiger partial charge in [-0.3, -0.25) is 0 Å². The summed E-state index contributed by atoms with van der Waals surface area (Å²) < 4.78 is 2.07. The summed E-state index contributed by atoms with van der Waals surface area (Å²) in [4.78, 5) is 0. The first-order chi connectivity index (χ1) is 19.2. The number of rotatable bonds is 4. The van der Waals surface area contributed by atoms with Gasteiger partial charge in [-0.2, -0.15) is 5.10 Å². The van der Waals surface area contributed by atoms with E-state index in [2.05, 4.69) is 146 Å². The zero-order valence-corrected chi connectivity index (χ0v) is 22.1. The van der Waals surface area contributed by atoms with Crippen molar-refractivity contribution < 1.29 is 0 Å². The Morgan fingerprint density at radius 2 is 0.846 bits per heavy atom. The molecule has 0 radical (unpaired) electrons. The molecular weight excluding hydrogens is 472 g/mol. The molecule has 7 rings (SSSR count). The molecule has 2 nitrogen and oxygen atoms in total. The fourth-order valence-electron chi connectivity index (χ4n) is 5.99. The van der Waals surface area contributed by atoms with Crippen molar-refractivity contribution in [3.63, 3.8) is 0 Å². The predicted molar refractivity (Wildman–Crippen MR) is 164 cm³/mol. The van der Waals surface area contributed by atoms with Gasteiger partial charge in [0.15, 0.2) is 0 Å². The molecule has 0 aliphatic rings. The third-order valence-corrected chi connectivity index (χ3v) is 7.75. The summed E-state index contributed by atoms with van der Waals surface area (Å²) in [6, 6.07) is 47.6. The molecule has 0 saturated heterocycles. The fraction of sp³-hybridized carbons (Fsp3) is 0.0541. The summed E-state index contributed by atoms with van der Waals surface area (Å²) in [5.41, 5.74) is 10.7. The van der Waals surface area contributed by atoms with Crippen LogP contribution in [0.2, 0.25) is 0 Å². The highest BCUT2D eigenvalue weighted by Gasteiger charge is 2.22. The number of nitrogens with zero attached hydrogens (tertiary/aromatic N) is 2. The average molecular weight is 501 g/mol. The lowest BCUT2D eigenvalue weighted by atomic mass is 9.85. The number of para-hydroxylation sites is 1. The smallest absolute Gasteiger partial charge is 0.0679 e. The monoisotopic (exact) mass is 500 g/mol. The van der Waals surface area contributed by atoms with Gasteiger partial charge in [0.1, 0.15) is 0 Å². The first-order valence-corrected chi connectivity index (χ1v) is 13.4. The molecule has 0 spiro atoms. The van der Waals surface area contributed by atoms with Crippen LogP contribution < -0.4 is 0 Å². The van der Waals surface area contributed by atoms with Crippen LogP contribution in [0.3, 0.4) is 0 Å². The molecule has 0 N–H and O–H groups in total. The van der Waals surface area contributed by atoms with Crippen molar-refractivity contribution in [3.8, 4) is 39.1 Å². The van der Waals surface area contributed by atoms with E-state index in [0.717, 1.165) is 17.1 Å². The van der Waals surface area contributed by atoms with Crippen LogP contribution in [0.15, 0.2) is 133 Å². The molecule has 186 valence electrons. The van der Waals surface area contributed by atoms with Crippen LogP contribution in [0.5, 0.6) is 0 Å². The zero-order chi connectivity index (χ0) is 26.3. The number of aromatic nitrogens is 2. The molecule has 7 aromatic rings. The van der Waals surface area contributed by atoms with Crippen molar-refractivity contribution >= 4 is 21.5 Å². The van der Waals surface area contributed by atoms with Gasteiger partial charge < -0.3 is 0 Å². The Hall–Kier alpha value is -4.95. The Kier molecular flexibility index (Phi) is 5.60. The lowest BCUT2D eigenvalue weighted by Crippen LogP contribution is -1.98. The third-order valence-electron chi connectivity index (χ3n) is 7.75. The molecule has 0 aliphatic heterocycles. The number of hydrogen-bond acceptors (Lipinski definition) is 1. The number of fused-ring (bicyclic) bond motifs is 2. The van der Waals surface area contributed by atoms with Crippen molar-refractivity contribution in [2.75, 3.05) is 0 Å². The van der Waals surface area contributed by atoms with E-state index < -0.39 is 0 Å². The molecular formula is C37H28N2. The van der Waals surface area contributed by atoms with Crippen molar-refractivity contribution in [2.45, 2.75) is 13.8 Å². The Bertz CT molecular complexity index is 1890. The van der Waals surface area contributed by atoms with Gasteiger partial charge in [0.2, 0.25) is 0 Å². The molecule has 0 saturated carbocycles. The lowest BCUT2D eigenvalue weighted by Gasteiger charge is -2.18. The Balaban J connectivity index is 1.50. The highest BCUT2D eigenvalue weighted by atomic mass is 15.3. The molecule has 0 amide bonds. The van der Waals surface area contributed by atoms with Gasteiger partial charge in [0, 0.05) is 16.8 Å². The van der Waals surface area contributed by atoms with E-state index in [1.165, 1.54) is 54.9 Å². The van der Waals surface area contributed by atoms with E-state index in [9.17, 15) is 0 Å². The van der Waals surface area contributed by atoms with Gasteiger partial charge in [-0.05, 0) is 69.8 Å². The molecule has 0 fully saturated rings. The summed E-state index contributed by atoms with van der Waals surface area (Å²) in [5.74, 6) is 0. The maximum atomic E-state index is 5.01. The van der Waals surface area contributed by atoms with Crippen molar-refractivity contribution in [2.24, 2.45) is 0 Å². The van der Waals surface area contributed by atoms with Crippen LogP contribution in [-0.2, 0) is 0 Å². The van der Waals surface area contributed by atoms with E-state index in [4.69, 9.17) is 5.10 Å². The van der Waals surface area contributed by atoms with Crippen molar-refractivity contribution in [3.05, 3.63) is 145 Å². The van der Waals surface area contributed by atoms with Crippen LogP contribution in [0.4, 0.5) is 0 Å². The topological polar surface area (TPSA) is 17.8 Å². The zero-order valence-electron chi connectivity index (χ0n) is 22.1. The van der Waals surface area contributed by atoms with Crippen LogP contribution in [-0.4, -0.2) is 9.78 Å². The van der Waals surface area contributed by atoms with Crippen LogP contribution >= 0.6 is 0 Å². The maximum Gasteiger partial charge on any atom is 0.0679 e. The van der Waals surface area contributed by atoms with Crippen molar-refractivity contribution in [1.29, 1.82) is 0 Å². The quantitative estimate of drug-likeness (QED) is 0.220. The first-order valence-electron chi connectivity index (χ1n) is 13.4. The van der Waals surface area contributed by atoms with Gasteiger partial charge in [0.05, 0.1) is 11.4 Å². The molecule has 0 unspecified atom stereocenters.